The minimum atomic E-state index is -0.332. The van der Waals surface area contributed by atoms with Crippen LogP contribution in [-0.2, 0) is 4.74 Å². The molecule has 0 aliphatic rings. The molecule has 128 valence electrons. The molecule has 3 aromatic rings. The molecule has 1 aromatic heterocycles. The molecule has 25 heavy (non-hydrogen) atoms. The molecule has 1 N–H and O–H groups in total. The summed E-state index contributed by atoms with van der Waals surface area (Å²) in [5, 5.41) is 4.26. The number of fused-ring (bicyclic) bond motifs is 1. The smallest absolute Gasteiger partial charge is 0.338 e. The van der Waals surface area contributed by atoms with Gasteiger partial charge in [-0.1, -0.05) is 32.0 Å². The van der Waals surface area contributed by atoms with Crippen LogP contribution >= 0.6 is 0 Å². The lowest BCUT2D eigenvalue weighted by Gasteiger charge is -2.13. The van der Waals surface area contributed by atoms with Crippen LogP contribution in [0.25, 0.3) is 10.9 Å². The second-order valence-corrected chi connectivity index (χ2v) is 6.03. The Labute approximate surface area is 147 Å². The van der Waals surface area contributed by atoms with Crippen LogP contribution in [0.3, 0.4) is 0 Å². The van der Waals surface area contributed by atoms with Gasteiger partial charge in [-0.05, 0) is 37.3 Å². The van der Waals surface area contributed by atoms with Crippen molar-refractivity contribution in [3.8, 4) is 0 Å². The first-order valence-corrected chi connectivity index (χ1v) is 8.39. The number of ether oxygens (including phenoxy) is 1. The van der Waals surface area contributed by atoms with Crippen molar-refractivity contribution in [1.82, 2.24) is 9.97 Å². The first kappa shape index (κ1) is 16.9. The molecule has 0 radical (unpaired) electrons. The SMILES string of the molecule is CCOC(=O)c1cccc(Nc2nc(C(C)C)nc3ccccc23)c1. The molecule has 0 aliphatic heterocycles. The van der Waals surface area contributed by atoms with E-state index in [4.69, 9.17) is 4.74 Å². The highest BCUT2D eigenvalue weighted by molar-refractivity contribution is 5.93. The number of carbonyl (C=O) groups is 1. The maximum Gasteiger partial charge on any atom is 0.338 e. The lowest BCUT2D eigenvalue weighted by molar-refractivity contribution is 0.0526. The van der Waals surface area contributed by atoms with Crippen molar-refractivity contribution in [2.75, 3.05) is 11.9 Å². The maximum absolute atomic E-state index is 11.9. The molecule has 3 rings (SSSR count). The van der Waals surface area contributed by atoms with Gasteiger partial charge in [-0.2, -0.15) is 0 Å². The molecular weight excluding hydrogens is 314 g/mol. The number of hydrogen-bond acceptors (Lipinski definition) is 5. The van der Waals surface area contributed by atoms with Crippen molar-refractivity contribution in [2.45, 2.75) is 26.7 Å². The first-order chi connectivity index (χ1) is 12.1. The Balaban J connectivity index is 2.00. The molecule has 0 atom stereocenters. The Morgan fingerprint density at radius 2 is 1.92 bits per heavy atom. The highest BCUT2D eigenvalue weighted by Gasteiger charge is 2.12. The van der Waals surface area contributed by atoms with Crippen molar-refractivity contribution in [3.63, 3.8) is 0 Å². The van der Waals surface area contributed by atoms with Gasteiger partial charge >= 0.3 is 5.97 Å². The number of para-hydroxylation sites is 1. The van der Waals surface area contributed by atoms with E-state index in [0.29, 0.717) is 12.2 Å². The minimum Gasteiger partial charge on any atom is -0.462 e. The highest BCUT2D eigenvalue weighted by Crippen LogP contribution is 2.26. The maximum atomic E-state index is 11.9. The zero-order valence-electron chi connectivity index (χ0n) is 14.6. The number of anilines is 2. The van der Waals surface area contributed by atoms with Crippen LogP contribution in [0.15, 0.2) is 48.5 Å². The zero-order chi connectivity index (χ0) is 17.8. The van der Waals surface area contributed by atoms with Crippen molar-refractivity contribution >= 4 is 28.4 Å². The van der Waals surface area contributed by atoms with E-state index in [-0.39, 0.29) is 11.9 Å². The number of benzene rings is 2. The molecule has 0 spiro atoms. The summed E-state index contributed by atoms with van der Waals surface area (Å²) in [4.78, 5) is 21.2. The number of esters is 1. The van der Waals surface area contributed by atoms with Gasteiger partial charge in [-0.3, -0.25) is 0 Å². The van der Waals surface area contributed by atoms with Crippen LogP contribution in [-0.4, -0.2) is 22.5 Å². The Bertz CT molecular complexity index is 906. The van der Waals surface area contributed by atoms with Gasteiger partial charge in [0.25, 0.3) is 0 Å². The van der Waals surface area contributed by atoms with E-state index in [1.165, 1.54) is 0 Å². The van der Waals surface area contributed by atoms with Crippen molar-refractivity contribution in [1.29, 1.82) is 0 Å². The summed E-state index contributed by atoms with van der Waals surface area (Å²) < 4.78 is 5.06. The zero-order valence-corrected chi connectivity index (χ0v) is 14.6. The van der Waals surface area contributed by atoms with Gasteiger partial charge in [0.1, 0.15) is 11.6 Å². The number of rotatable bonds is 5. The molecule has 0 aliphatic carbocycles. The molecule has 2 aromatic carbocycles. The average Bonchev–Trinajstić information content (AvgIpc) is 2.62. The second-order valence-electron chi connectivity index (χ2n) is 6.03. The lowest BCUT2D eigenvalue weighted by Crippen LogP contribution is -2.06. The third kappa shape index (κ3) is 3.76. The van der Waals surface area contributed by atoms with Crippen LogP contribution in [0.2, 0.25) is 0 Å². The molecular formula is C20H21N3O2. The molecule has 0 fully saturated rings. The monoisotopic (exact) mass is 335 g/mol. The molecule has 5 heteroatoms. The quantitative estimate of drug-likeness (QED) is 0.686. The van der Waals surface area contributed by atoms with Gasteiger partial charge in [-0.15, -0.1) is 0 Å². The largest absolute Gasteiger partial charge is 0.462 e. The number of aromatic nitrogens is 2. The van der Waals surface area contributed by atoms with Crippen LogP contribution < -0.4 is 5.32 Å². The van der Waals surface area contributed by atoms with E-state index in [1.807, 2.05) is 36.4 Å². The predicted octanol–water partition coefficient (Wildman–Crippen LogP) is 4.67. The predicted molar refractivity (Wildman–Crippen MR) is 99.3 cm³/mol. The van der Waals surface area contributed by atoms with E-state index in [1.54, 1.807) is 19.1 Å². The third-order valence-corrected chi connectivity index (χ3v) is 3.77. The summed E-state index contributed by atoms with van der Waals surface area (Å²) in [7, 11) is 0. The van der Waals surface area contributed by atoms with E-state index in [9.17, 15) is 4.79 Å². The summed E-state index contributed by atoms with van der Waals surface area (Å²) in [6.07, 6.45) is 0. The Kier molecular flexibility index (Phi) is 4.93. The fourth-order valence-corrected chi connectivity index (χ4v) is 2.52. The van der Waals surface area contributed by atoms with Crippen LogP contribution in [0, 0.1) is 0 Å². The molecule has 0 unspecified atom stereocenters. The Morgan fingerprint density at radius 3 is 2.68 bits per heavy atom. The second kappa shape index (κ2) is 7.30. The van der Waals surface area contributed by atoms with Crippen LogP contribution in [0.4, 0.5) is 11.5 Å². The van der Waals surface area contributed by atoms with Crippen molar-refractivity contribution in [3.05, 3.63) is 59.9 Å². The van der Waals surface area contributed by atoms with E-state index < -0.39 is 0 Å². The topological polar surface area (TPSA) is 64.1 Å². The number of nitrogens with zero attached hydrogens (tertiary/aromatic N) is 2. The molecule has 0 saturated heterocycles. The van der Waals surface area contributed by atoms with E-state index in [0.717, 1.165) is 28.2 Å². The van der Waals surface area contributed by atoms with Gasteiger partial charge in [0.2, 0.25) is 0 Å². The lowest BCUT2D eigenvalue weighted by atomic mass is 10.1. The standard InChI is InChI=1S/C20H21N3O2/c1-4-25-20(24)14-8-7-9-15(12-14)21-19-16-10-5-6-11-17(16)22-18(23-19)13(2)3/h5-13H,4H2,1-3H3,(H,21,22,23). The van der Waals surface area contributed by atoms with Gasteiger partial charge in [-0.25, -0.2) is 14.8 Å². The Hall–Kier alpha value is -2.95. The number of nitrogens with one attached hydrogen (secondary N) is 1. The fraction of sp³-hybridized carbons (Fsp3) is 0.250. The van der Waals surface area contributed by atoms with Gasteiger partial charge in [0.05, 0.1) is 17.7 Å². The van der Waals surface area contributed by atoms with Crippen molar-refractivity contribution in [2.24, 2.45) is 0 Å². The van der Waals surface area contributed by atoms with Gasteiger partial charge < -0.3 is 10.1 Å². The number of carbonyl (C=O) groups excluding carboxylic acids is 1. The molecule has 5 nitrogen and oxygen atoms in total. The van der Waals surface area contributed by atoms with Gasteiger partial charge in [0.15, 0.2) is 0 Å². The third-order valence-electron chi connectivity index (χ3n) is 3.77. The molecule has 0 amide bonds. The van der Waals surface area contributed by atoms with E-state index >= 15 is 0 Å². The van der Waals surface area contributed by atoms with Crippen LogP contribution in [0.1, 0.15) is 42.9 Å². The van der Waals surface area contributed by atoms with Crippen molar-refractivity contribution < 1.29 is 9.53 Å². The molecule has 0 bridgehead atoms. The first-order valence-electron chi connectivity index (χ1n) is 8.39. The average molecular weight is 335 g/mol. The summed E-state index contributed by atoms with van der Waals surface area (Å²) >= 11 is 0. The molecule has 1 heterocycles. The summed E-state index contributed by atoms with van der Waals surface area (Å²) in [5.41, 5.74) is 2.18. The normalized spacial score (nSPS) is 10.9. The molecule has 0 saturated carbocycles. The highest BCUT2D eigenvalue weighted by atomic mass is 16.5. The fourth-order valence-electron chi connectivity index (χ4n) is 2.52. The van der Waals surface area contributed by atoms with Gasteiger partial charge in [0, 0.05) is 17.0 Å². The Morgan fingerprint density at radius 1 is 1.12 bits per heavy atom. The summed E-state index contributed by atoms with van der Waals surface area (Å²) in [6, 6.07) is 15.1. The summed E-state index contributed by atoms with van der Waals surface area (Å²) in [5.74, 6) is 1.40. The minimum absolute atomic E-state index is 0.219. The summed E-state index contributed by atoms with van der Waals surface area (Å²) in [6.45, 7) is 6.27. The number of hydrogen-bond donors (Lipinski definition) is 1. The van der Waals surface area contributed by atoms with E-state index in [2.05, 4.69) is 29.1 Å². The van der Waals surface area contributed by atoms with Crippen LogP contribution in [0.5, 0.6) is 0 Å².